The summed E-state index contributed by atoms with van der Waals surface area (Å²) in [5.41, 5.74) is 2.42. The molecule has 3 nitrogen and oxygen atoms in total. The minimum Gasteiger partial charge on any atom is -0.478 e. The van der Waals surface area contributed by atoms with E-state index in [1.807, 2.05) is 6.07 Å². The van der Waals surface area contributed by atoms with E-state index in [1.54, 1.807) is 19.2 Å². The standard InChI is InChI=1S/C12H14O3/c1-15-11-7-3-4-8-9(11)5-2-6-10(8)12(13)14/h2,5-6,11H,3-4,7H2,1H3,(H,13,14). The summed E-state index contributed by atoms with van der Waals surface area (Å²) in [6, 6.07) is 5.42. The van der Waals surface area contributed by atoms with Crippen LogP contribution in [0.2, 0.25) is 0 Å². The normalized spacial score (nSPS) is 19.7. The second-order valence-corrected chi connectivity index (χ2v) is 3.80. The summed E-state index contributed by atoms with van der Waals surface area (Å²) in [5, 5.41) is 9.06. The fraction of sp³-hybridized carbons (Fsp3) is 0.417. The Kier molecular flexibility index (Phi) is 2.73. The highest BCUT2D eigenvalue weighted by atomic mass is 16.5. The minimum atomic E-state index is -0.844. The van der Waals surface area contributed by atoms with Gasteiger partial charge in [-0.1, -0.05) is 12.1 Å². The molecule has 0 bridgehead atoms. The molecule has 1 aromatic rings. The van der Waals surface area contributed by atoms with Crippen LogP contribution in [0.3, 0.4) is 0 Å². The zero-order valence-electron chi connectivity index (χ0n) is 8.69. The van der Waals surface area contributed by atoms with E-state index in [1.165, 1.54) is 0 Å². The van der Waals surface area contributed by atoms with Crippen molar-refractivity contribution in [3.63, 3.8) is 0 Å². The van der Waals surface area contributed by atoms with E-state index in [9.17, 15) is 4.79 Å². The van der Waals surface area contributed by atoms with Gasteiger partial charge < -0.3 is 9.84 Å². The maximum Gasteiger partial charge on any atom is 0.335 e. The van der Waals surface area contributed by atoms with Gasteiger partial charge in [0.25, 0.3) is 0 Å². The fourth-order valence-corrected chi connectivity index (χ4v) is 2.25. The predicted molar refractivity (Wildman–Crippen MR) is 56.1 cm³/mol. The number of hydrogen-bond acceptors (Lipinski definition) is 2. The van der Waals surface area contributed by atoms with Crippen LogP contribution in [0.1, 0.15) is 40.4 Å². The molecular weight excluding hydrogens is 192 g/mol. The van der Waals surface area contributed by atoms with Crippen molar-refractivity contribution in [3.8, 4) is 0 Å². The average molecular weight is 206 g/mol. The van der Waals surface area contributed by atoms with Gasteiger partial charge in [0.1, 0.15) is 0 Å². The monoisotopic (exact) mass is 206 g/mol. The molecule has 15 heavy (non-hydrogen) atoms. The Morgan fingerprint density at radius 3 is 3.00 bits per heavy atom. The van der Waals surface area contributed by atoms with Crippen molar-refractivity contribution in [2.45, 2.75) is 25.4 Å². The Labute approximate surface area is 88.7 Å². The van der Waals surface area contributed by atoms with Crippen LogP contribution in [0.25, 0.3) is 0 Å². The first-order valence-corrected chi connectivity index (χ1v) is 5.12. The van der Waals surface area contributed by atoms with Gasteiger partial charge in [-0.3, -0.25) is 0 Å². The van der Waals surface area contributed by atoms with E-state index in [0.717, 1.165) is 30.4 Å². The summed E-state index contributed by atoms with van der Waals surface area (Å²) in [4.78, 5) is 11.0. The summed E-state index contributed by atoms with van der Waals surface area (Å²) in [7, 11) is 1.67. The van der Waals surface area contributed by atoms with E-state index in [2.05, 4.69) is 0 Å². The van der Waals surface area contributed by atoms with Crippen molar-refractivity contribution < 1.29 is 14.6 Å². The maximum absolute atomic E-state index is 11.0. The SMILES string of the molecule is COC1CCCc2c(C(=O)O)cccc21. The molecule has 1 unspecified atom stereocenters. The number of rotatable bonds is 2. The van der Waals surface area contributed by atoms with Gasteiger partial charge in [-0.25, -0.2) is 4.79 Å². The Bertz CT molecular complexity index is 384. The molecule has 0 aromatic heterocycles. The van der Waals surface area contributed by atoms with Crippen molar-refractivity contribution in [2.75, 3.05) is 7.11 Å². The van der Waals surface area contributed by atoms with E-state index >= 15 is 0 Å². The van der Waals surface area contributed by atoms with Crippen molar-refractivity contribution in [2.24, 2.45) is 0 Å². The lowest BCUT2D eigenvalue weighted by atomic mass is 9.86. The van der Waals surface area contributed by atoms with Gasteiger partial charge in [0, 0.05) is 7.11 Å². The number of carboxylic acids is 1. The third-order valence-corrected chi connectivity index (χ3v) is 2.97. The van der Waals surface area contributed by atoms with Crippen molar-refractivity contribution >= 4 is 5.97 Å². The highest BCUT2D eigenvalue weighted by molar-refractivity contribution is 5.89. The number of fused-ring (bicyclic) bond motifs is 1. The quantitative estimate of drug-likeness (QED) is 0.808. The molecule has 3 heteroatoms. The predicted octanol–water partition coefficient (Wildman–Crippen LogP) is 2.41. The fourth-order valence-electron chi connectivity index (χ4n) is 2.25. The van der Waals surface area contributed by atoms with Crippen LogP contribution in [0.15, 0.2) is 18.2 Å². The lowest BCUT2D eigenvalue weighted by molar-refractivity contribution is 0.0690. The van der Waals surface area contributed by atoms with Crippen LogP contribution in [-0.2, 0) is 11.2 Å². The molecule has 0 spiro atoms. The molecule has 1 atom stereocenters. The molecule has 1 aliphatic rings. The highest BCUT2D eigenvalue weighted by Crippen LogP contribution is 2.33. The number of ether oxygens (including phenoxy) is 1. The first-order valence-electron chi connectivity index (χ1n) is 5.12. The molecule has 2 rings (SSSR count). The van der Waals surface area contributed by atoms with Crippen molar-refractivity contribution in [3.05, 3.63) is 34.9 Å². The van der Waals surface area contributed by atoms with Crippen LogP contribution in [0.5, 0.6) is 0 Å². The zero-order chi connectivity index (χ0) is 10.8. The van der Waals surface area contributed by atoms with Crippen LogP contribution in [0.4, 0.5) is 0 Å². The summed E-state index contributed by atoms with van der Waals surface area (Å²) in [6.45, 7) is 0. The molecule has 1 aromatic carbocycles. The van der Waals surface area contributed by atoms with Gasteiger partial charge in [-0.05, 0) is 36.5 Å². The van der Waals surface area contributed by atoms with Crippen LogP contribution in [0, 0.1) is 0 Å². The van der Waals surface area contributed by atoms with Gasteiger partial charge in [-0.15, -0.1) is 0 Å². The second-order valence-electron chi connectivity index (χ2n) is 3.80. The molecular formula is C12H14O3. The first-order chi connectivity index (χ1) is 7.24. The molecule has 1 aliphatic carbocycles. The van der Waals surface area contributed by atoms with Crippen LogP contribution in [-0.4, -0.2) is 18.2 Å². The topological polar surface area (TPSA) is 46.5 Å². The molecule has 80 valence electrons. The minimum absolute atomic E-state index is 0.0630. The highest BCUT2D eigenvalue weighted by Gasteiger charge is 2.23. The maximum atomic E-state index is 11.0. The lowest BCUT2D eigenvalue weighted by Gasteiger charge is -2.25. The zero-order valence-corrected chi connectivity index (χ0v) is 8.69. The summed E-state index contributed by atoms with van der Waals surface area (Å²) < 4.78 is 5.36. The summed E-state index contributed by atoms with van der Waals surface area (Å²) in [5.74, 6) is -0.844. The number of methoxy groups -OCH3 is 1. The number of hydrogen-bond donors (Lipinski definition) is 1. The van der Waals surface area contributed by atoms with Crippen LogP contribution < -0.4 is 0 Å². The molecule has 0 saturated heterocycles. The molecule has 0 radical (unpaired) electrons. The van der Waals surface area contributed by atoms with E-state index < -0.39 is 5.97 Å². The lowest BCUT2D eigenvalue weighted by Crippen LogP contribution is -2.15. The van der Waals surface area contributed by atoms with Crippen LogP contribution >= 0.6 is 0 Å². The van der Waals surface area contributed by atoms with Crippen molar-refractivity contribution in [1.82, 2.24) is 0 Å². The molecule has 0 heterocycles. The largest absolute Gasteiger partial charge is 0.478 e. The van der Waals surface area contributed by atoms with Gasteiger partial charge in [0.15, 0.2) is 0 Å². The van der Waals surface area contributed by atoms with E-state index in [0.29, 0.717) is 5.56 Å². The number of carbonyl (C=O) groups is 1. The smallest absolute Gasteiger partial charge is 0.335 e. The Morgan fingerprint density at radius 2 is 2.33 bits per heavy atom. The van der Waals surface area contributed by atoms with Gasteiger partial charge >= 0.3 is 5.97 Å². The second kappa shape index (κ2) is 4.03. The van der Waals surface area contributed by atoms with Gasteiger partial charge in [0.05, 0.1) is 11.7 Å². The number of benzene rings is 1. The third kappa shape index (κ3) is 1.75. The summed E-state index contributed by atoms with van der Waals surface area (Å²) >= 11 is 0. The Hall–Kier alpha value is -1.35. The van der Waals surface area contributed by atoms with Gasteiger partial charge in [-0.2, -0.15) is 0 Å². The molecule has 1 N–H and O–H groups in total. The Balaban J connectivity index is 2.50. The summed E-state index contributed by atoms with van der Waals surface area (Å²) in [6.07, 6.45) is 2.88. The van der Waals surface area contributed by atoms with Gasteiger partial charge in [0.2, 0.25) is 0 Å². The van der Waals surface area contributed by atoms with E-state index in [4.69, 9.17) is 9.84 Å². The molecule has 0 amide bonds. The number of aromatic carboxylic acids is 1. The van der Waals surface area contributed by atoms with E-state index in [-0.39, 0.29) is 6.10 Å². The molecule has 0 fully saturated rings. The average Bonchev–Trinajstić information content (AvgIpc) is 2.27. The van der Waals surface area contributed by atoms with Crippen molar-refractivity contribution in [1.29, 1.82) is 0 Å². The third-order valence-electron chi connectivity index (χ3n) is 2.97. The number of carboxylic acid groups (broad SMARTS) is 1. The molecule has 0 saturated carbocycles. The first kappa shape index (κ1) is 10.2. The Morgan fingerprint density at radius 1 is 1.53 bits per heavy atom. The molecule has 0 aliphatic heterocycles.